The lowest BCUT2D eigenvalue weighted by Gasteiger charge is -2.41. The number of aromatic nitrogens is 8. The summed E-state index contributed by atoms with van der Waals surface area (Å²) < 4.78 is 39.3. The van der Waals surface area contributed by atoms with Gasteiger partial charge in [-0.1, -0.05) is 19.1 Å². The van der Waals surface area contributed by atoms with Gasteiger partial charge in [0, 0.05) is 94.2 Å². The first-order valence-corrected chi connectivity index (χ1v) is 22.1. The van der Waals surface area contributed by atoms with E-state index < -0.39 is 16.1 Å². The Morgan fingerprint density at radius 2 is 1.87 bits per heavy atom. The van der Waals surface area contributed by atoms with Crippen LogP contribution in [0, 0.1) is 5.92 Å². The molecule has 0 aliphatic carbocycles. The van der Waals surface area contributed by atoms with E-state index in [-0.39, 0.29) is 43.0 Å². The number of piperidine rings is 1. The number of ether oxygens (including phenoxy) is 1. The number of sulfonamides is 1. The maximum absolute atomic E-state index is 14.1. The lowest BCUT2D eigenvalue weighted by Crippen LogP contribution is -2.51. The molecule has 3 amide bonds. The number of H-pyrrole nitrogens is 1. The molecule has 4 aromatic heterocycles. The smallest absolute Gasteiger partial charge is 0.329 e. The highest BCUT2D eigenvalue weighted by Gasteiger charge is 2.35. The maximum atomic E-state index is 14.1. The average Bonchev–Trinajstić information content (AvgIpc) is 3.98. The Labute approximate surface area is 353 Å². The number of benzene rings is 2. The number of aromatic amines is 1. The van der Waals surface area contributed by atoms with Crippen molar-refractivity contribution in [3.63, 3.8) is 0 Å². The van der Waals surface area contributed by atoms with Crippen molar-refractivity contribution in [2.45, 2.75) is 70.2 Å². The van der Waals surface area contributed by atoms with Crippen LogP contribution in [0.15, 0.2) is 66.1 Å². The molecule has 0 bridgehead atoms. The summed E-state index contributed by atoms with van der Waals surface area (Å²) in [7, 11) is -1.89. The first-order chi connectivity index (χ1) is 29.3. The minimum atomic E-state index is -3.74. The van der Waals surface area contributed by atoms with Crippen LogP contribution in [0.4, 0.5) is 22.2 Å². The van der Waals surface area contributed by atoms with E-state index in [1.165, 1.54) is 4.90 Å². The molecule has 1 unspecified atom stereocenters. The number of urea groups is 1. The normalized spacial score (nSPS) is 20.9. The van der Waals surface area contributed by atoms with E-state index in [0.29, 0.717) is 59.8 Å². The number of hydrogen-bond acceptors (Lipinski definition) is 13. The van der Waals surface area contributed by atoms with Gasteiger partial charge in [0.05, 0.1) is 22.7 Å². The standard InChI is InChI=1S/C41H50N14O5S/c1-25(2)60-37-36(29-19-43-44-20-29)42-24-55-39(37)47-40(49-55)45-33-11-13-52(21-26(33)3)61(58,59)31-8-6-7-28(17-31)23-51-15-16-53(27(4)22-51)30-9-10-32-34(18-30)50(5)48-38(32)54-14-12-35(56)46-41(54)57/h6-10,17-20,24-27,33H,11-16,21-23H2,1-5H3,(H,43,44)(H,45,49)(H,46,56,57)/t26-,27?,33+/m1/s1. The van der Waals surface area contributed by atoms with Gasteiger partial charge in [-0.3, -0.25) is 29.7 Å². The third-order valence-electron chi connectivity index (χ3n) is 11.8. The number of fused-ring (bicyclic) bond motifs is 2. The zero-order chi connectivity index (χ0) is 42.6. The Bertz CT molecular complexity index is 2720. The Morgan fingerprint density at radius 3 is 2.62 bits per heavy atom. The summed E-state index contributed by atoms with van der Waals surface area (Å²) >= 11 is 0. The second-order valence-corrected chi connectivity index (χ2v) is 18.4. The number of anilines is 3. The Hall–Kier alpha value is -6.12. The van der Waals surface area contributed by atoms with Gasteiger partial charge in [0.15, 0.2) is 11.6 Å². The third-order valence-corrected chi connectivity index (χ3v) is 13.6. The van der Waals surface area contributed by atoms with Crippen LogP contribution in [0.1, 0.15) is 46.1 Å². The minimum Gasteiger partial charge on any atom is -0.485 e. The number of nitrogens with one attached hydrogen (secondary N) is 3. The fourth-order valence-corrected chi connectivity index (χ4v) is 10.3. The highest BCUT2D eigenvalue weighted by atomic mass is 32.2. The molecule has 3 aliphatic rings. The molecular formula is C41H50N14O5S. The molecule has 3 atom stereocenters. The van der Waals surface area contributed by atoms with E-state index in [1.54, 1.807) is 38.3 Å². The summed E-state index contributed by atoms with van der Waals surface area (Å²) in [5, 5.41) is 22.8. The van der Waals surface area contributed by atoms with Gasteiger partial charge in [0.2, 0.25) is 27.5 Å². The zero-order valence-electron chi connectivity index (χ0n) is 34.8. The van der Waals surface area contributed by atoms with Gasteiger partial charge in [-0.15, -0.1) is 5.10 Å². The van der Waals surface area contributed by atoms with Gasteiger partial charge in [-0.05, 0) is 69.0 Å². The summed E-state index contributed by atoms with van der Waals surface area (Å²) in [4.78, 5) is 40.2. The van der Waals surface area contributed by atoms with Crippen molar-refractivity contribution < 1.29 is 22.7 Å². The molecule has 3 fully saturated rings. The molecule has 19 nitrogen and oxygen atoms in total. The first-order valence-electron chi connectivity index (χ1n) is 20.7. The van der Waals surface area contributed by atoms with Crippen LogP contribution in [-0.4, -0.2) is 127 Å². The minimum absolute atomic E-state index is 0.0223. The number of nitrogens with zero attached hydrogens (tertiary/aromatic N) is 11. The molecule has 3 saturated heterocycles. The van der Waals surface area contributed by atoms with E-state index >= 15 is 0 Å². The topological polar surface area (TPSA) is 204 Å². The second kappa shape index (κ2) is 16.1. The van der Waals surface area contributed by atoms with Crippen molar-refractivity contribution >= 4 is 56.0 Å². The summed E-state index contributed by atoms with van der Waals surface area (Å²) in [6, 6.07) is 13.2. The van der Waals surface area contributed by atoms with Gasteiger partial charge in [0.25, 0.3) is 0 Å². The maximum Gasteiger partial charge on any atom is 0.329 e. The van der Waals surface area contributed by atoms with E-state index in [2.05, 4.69) is 64.9 Å². The molecule has 0 spiro atoms. The predicted molar refractivity (Wildman–Crippen MR) is 229 cm³/mol. The van der Waals surface area contributed by atoms with Crippen LogP contribution in [0.25, 0.3) is 27.8 Å². The fourth-order valence-electron chi connectivity index (χ4n) is 8.68. The van der Waals surface area contributed by atoms with E-state index in [9.17, 15) is 18.0 Å². The molecule has 61 heavy (non-hydrogen) atoms. The van der Waals surface area contributed by atoms with Crippen molar-refractivity contribution in [2.75, 3.05) is 54.4 Å². The van der Waals surface area contributed by atoms with E-state index in [0.717, 1.165) is 47.4 Å². The molecule has 9 rings (SSSR count). The van der Waals surface area contributed by atoms with Gasteiger partial charge in [-0.25, -0.2) is 18.2 Å². The van der Waals surface area contributed by atoms with Crippen molar-refractivity contribution in [3.05, 3.63) is 66.7 Å². The monoisotopic (exact) mass is 850 g/mol. The number of carbonyl (C=O) groups excluding carboxylic acids is 2. The Kier molecular flexibility index (Phi) is 10.6. The molecule has 2 aromatic carbocycles. The molecule has 7 heterocycles. The van der Waals surface area contributed by atoms with Gasteiger partial charge in [-0.2, -0.15) is 24.0 Å². The van der Waals surface area contributed by atoms with Gasteiger partial charge in [0.1, 0.15) is 12.0 Å². The molecule has 0 saturated carbocycles. The van der Waals surface area contributed by atoms with Crippen LogP contribution in [0.3, 0.4) is 0 Å². The van der Waals surface area contributed by atoms with E-state index in [4.69, 9.17) is 9.72 Å². The summed E-state index contributed by atoms with van der Waals surface area (Å²) in [5.41, 5.74) is 4.82. The lowest BCUT2D eigenvalue weighted by atomic mass is 9.95. The lowest BCUT2D eigenvalue weighted by molar-refractivity contribution is -0.120. The summed E-state index contributed by atoms with van der Waals surface area (Å²) in [6.45, 7) is 12.1. The zero-order valence-corrected chi connectivity index (χ0v) is 35.6. The SMILES string of the molecule is CC(C)Oc1c(-c2cn[nH]c2)ncn2nc(N[C@H]3CCN(S(=O)(=O)c4cccc(CN5CCN(c6ccc7c(N8CCC(=O)NC8=O)nn(C)c7c6)C(C)C5)c4)C[C@H]3C)nc12. The highest BCUT2D eigenvalue weighted by molar-refractivity contribution is 7.89. The molecule has 320 valence electrons. The quantitative estimate of drug-likeness (QED) is 0.170. The molecule has 3 aliphatic heterocycles. The van der Waals surface area contributed by atoms with Crippen molar-refractivity contribution in [2.24, 2.45) is 13.0 Å². The number of imide groups is 1. The number of carbonyl (C=O) groups is 2. The second-order valence-electron chi connectivity index (χ2n) is 16.5. The molecule has 3 N–H and O–H groups in total. The predicted octanol–water partition coefficient (Wildman–Crippen LogP) is 3.86. The molecular weight excluding hydrogens is 801 g/mol. The number of piperazine rings is 1. The molecule has 20 heteroatoms. The number of hydrogen-bond donors (Lipinski definition) is 3. The number of aryl methyl sites for hydroxylation is 1. The largest absolute Gasteiger partial charge is 0.485 e. The Morgan fingerprint density at radius 1 is 1.02 bits per heavy atom. The fraction of sp³-hybridized carbons (Fsp3) is 0.439. The third kappa shape index (κ3) is 7.85. The van der Waals surface area contributed by atoms with Gasteiger partial charge < -0.3 is 15.0 Å². The summed E-state index contributed by atoms with van der Waals surface area (Å²) in [6.07, 6.45) is 5.72. The number of rotatable bonds is 11. The average molecular weight is 851 g/mol. The van der Waals surface area contributed by atoms with Crippen LogP contribution in [-0.2, 0) is 28.4 Å². The van der Waals surface area contributed by atoms with Crippen LogP contribution in [0.2, 0.25) is 0 Å². The highest BCUT2D eigenvalue weighted by Crippen LogP contribution is 2.34. The van der Waals surface area contributed by atoms with Crippen molar-refractivity contribution in [1.82, 2.24) is 54.1 Å². The van der Waals surface area contributed by atoms with Crippen molar-refractivity contribution in [1.29, 1.82) is 0 Å². The van der Waals surface area contributed by atoms with Gasteiger partial charge >= 0.3 is 6.03 Å². The van der Waals surface area contributed by atoms with Crippen LogP contribution < -0.4 is 25.2 Å². The molecule has 0 radical (unpaired) electrons. The van der Waals surface area contributed by atoms with E-state index in [1.807, 2.05) is 52.1 Å². The van der Waals surface area contributed by atoms with Crippen LogP contribution >= 0.6 is 0 Å². The number of amides is 3. The van der Waals surface area contributed by atoms with Crippen LogP contribution in [0.5, 0.6) is 5.75 Å². The van der Waals surface area contributed by atoms with Crippen molar-refractivity contribution in [3.8, 4) is 17.0 Å². The first kappa shape index (κ1) is 40.3. The Balaban J connectivity index is 0.826. The molecule has 6 aromatic rings. The summed E-state index contributed by atoms with van der Waals surface area (Å²) in [5.74, 6) is 1.16.